The molecule has 0 heterocycles. The molecule has 0 saturated carbocycles. The van der Waals surface area contributed by atoms with Gasteiger partial charge in [0, 0.05) is 13.0 Å². The van der Waals surface area contributed by atoms with Crippen LogP contribution in [-0.4, -0.2) is 75.6 Å². The Labute approximate surface area is 315 Å². The highest BCUT2D eigenvalue weighted by atomic mass is 31.2. The Bertz CT molecular complexity index is 874. The van der Waals surface area contributed by atoms with Gasteiger partial charge in [-0.3, -0.25) is 13.8 Å². The maximum atomic E-state index is 12.7. The third kappa shape index (κ3) is 40.0. The number of rotatable bonds is 39. The summed E-state index contributed by atoms with van der Waals surface area (Å²) < 4.78 is 34.9. The van der Waals surface area contributed by atoms with Crippen LogP contribution in [0.15, 0.2) is 24.3 Å². The number of allylic oxidation sites excluding steroid dienone is 4. The second-order valence-corrected chi connectivity index (χ2v) is 16.8. The van der Waals surface area contributed by atoms with Crippen LogP contribution in [0.5, 0.6) is 0 Å². The van der Waals surface area contributed by atoms with E-state index in [9.17, 15) is 14.3 Å². The first-order chi connectivity index (χ1) is 24.6. The summed E-state index contributed by atoms with van der Waals surface area (Å²) in [6.45, 7) is 5.57. The SMILES string of the molecule is CCCC/C=C\CCCCCCCCOCC(COP(=O)(O)OCC[N+](C)(C)C)OC(=O)CCCCCCCCC/C=C\CCCCCCCC. The van der Waals surface area contributed by atoms with Crippen LogP contribution >= 0.6 is 7.82 Å². The first kappa shape index (κ1) is 50.0. The molecule has 0 aromatic heterocycles. The van der Waals surface area contributed by atoms with Crippen LogP contribution in [0.25, 0.3) is 0 Å². The number of likely N-dealkylation sites (N-methyl/N-ethyl adjacent to an activating group) is 1. The Morgan fingerprint density at radius 1 is 0.588 bits per heavy atom. The highest BCUT2D eigenvalue weighted by Gasteiger charge is 2.26. The van der Waals surface area contributed by atoms with Crippen molar-refractivity contribution in [3.05, 3.63) is 24.3 Å². The molecule has 1 N–H and O–H groups in total. The molecule has 8 nitrogen and oxygen atoms in total. The molecule has 2 unspecified atom stereocenters. The van der Waals surface area contributed by atoms with E-state index in [2.05, 4.69) is 38.2 Å². The Morgan fingerprint density at radius 2 is 1.04 bits per heavy atom. The van der Waals surface area contributed by atoms with Gasteiger partial charge in [-0.25, -0.2) is 4.57 Å². The average molecular weight is 745 g/mol. The maximum Gasteiger partial charge on any atom is 0.472 e. The van der Waals surface area contributed by atoms with Gasteiger partial charge < -0.3 is 18.9 Å². The van der Waals surface area contributed by atoms with Crippen LogP contribution in [-0.2, 0) is 27.9 Å². The molecule has 0 spiro atoms. The summed E-state index contributed by atoms with van der Waals surface area (Å²) in [7, 11) is 1.66. The third-order valence-corrected chi connectivity index (χ3v) is 9.97. The lowest BCUT2D eigenvalue weighted by Crippen LogP contribution is -2.37. The van der Waals surface area contributed by atoms with Crippen LogP contribution in [0.4, 0.5) is 0 Å². The van der Waals surface area contributed by atoms with Crippen LogP contribution < -0.4 is 0 Å². The summed E-state index contributed by atoms with van der Waals surface area (Å²) in [5.41, 5.74) is 0. The second-order valence-electron chi connectivity index (χ2n) is 15.4. The molecule has 0 aromatic carbocycles. The zero-order chi connectivity index (χ0) is 37.7. The number of hydrogen-bond acceptors (Lipinski definition) is 6. The summed E-state index contributed by atoms with van der Waals surface area (Å²) in [4.78, 5) is 22.8. The normalized spacial score (nSPS) is 14.1. The molecular weight excluding hydrogens is 661 g/mol. The average Bonchev–Trinajstić information content (AvgIpc) is 3.08. The van der Waals surface area contributed by atoms with Gasteiger partial charge in [0.05, 0.1) is 34.4 Å². The molecule has 0 rings (SSSR count). The topological polar surface area (TPSA) is 91.3 Å². The largest absolute Gasteiger partial charge is 0.472 e. The van der Waals surface area contributed by atoms with Crippen LogP contribution in [0, 0.1) is 0 Å². The van der Waals surface area contributed by atoms with Gasteiger partial charge in [0.1, 0.15) is 19.3 Å². The summed E-state index contributed by atoms with van der Waals surface area (Å²) in [6, 6.07) is 0. The molecule has 0 aliphatic rings. The second kappa shape index (κ2) is 36.0. The number of carbonyl (C=O) groups is 1. The van der Waals surface area contributed by atoms with E-state index >= 15 is 0 Å². The number of phosphoric ester groups is 1. The number of phosphoric acid groups is 1. The molecule has 0 saturated heterocycles. The van der Waals surface area contributed by atoms with Gasteiger partial charge in [0.15, 0.2) is 0 Å². The van der Waals surface area contributed by atoms with E-state index in [0.29, 0.717) is 24.1 Å². The van der Waals surface area contributed by atoms with E-state index in [1.54, 1.807) is 0 Å². The molecule has 302 valence electrons. The monoisotopic (exact) mass is 745 g/mol. The zero-order valence-corrected chi connectivity index (χ0v) is 35.0. The Hall–Kier alpha value is -1.02. The number of ether oxygens (including phenoxy) is 2. The third-order valence-electron chi connectivity index (χ3n) is 8.99. The fourth-order valence-electron chi connectivity index (χ4n) is 5.65. The lowest BCUT2D eigenvalue weighted by Gasteiger charge is -2.24. The van der Waals surface area contributed by atoms with Crippen molar-refractivity contribution in [1.82, 2.24) is 0 Å². The van der Waals surface area contributed by atoms with E-state index in [1.165, 1.54) is 128 Å². The molecule has 2 atom stereocenters. The van der Waals surface area contributed by atoms with E-state index in [4.69, 9.17) is 18.5 Å². The molecule has 0 aliphatic carbocycles. The number of hydrogen-bond donors (Lipinski definition) is 1. The minimum absolute atomic E-state index is 0.0875. The number of esters is 1. The first-order valence-corrected chi connectivity index (χ1v) is 22.6. The van der Waals surface area contributed by atoms with Gasteiger partial charge in [-0.05, 0) is 57.8 Å². The van der Waals surface area contributed by atoms with Crippen LogP contribution in [0.2, 0.25) is 0 Å². The van der Waals surface area contributed by atoms with E-state index < -0.39 is 13.9 Å². The smallest absolute Gasteiger partial charge is 0.457 e. The predicted molar refractivity (Wildman–Crippen MR) is 215 cm³/mol. The van der Waals surface area contributed by atoms with E-state index in [1.807, 2.05) is 21.1 Å². The lowest BCUT2D eigenvalue weighted by atomic mass is 10.1. The minimum atomic E-state index is -4.27. The van der Waals surface area contributed by atoms with Gasteiger partial charge in [-0.1, -0.05) is 141 Å². The Kier molecular flexibility index (Phi) is 35.3. The molecule has 0 amide bonds. The summed E-state index contributed by atoms with van der Waals surface area (Å²) in [5.74, 6) is -0.320. The van der Waals surface area contributed by atoms with E-state index in [0.717, 1.165) is 32.1 Å². The summed E-state index contributed by atoms with van der Waals surface area (Å²) in [6.07, 6.45) is 39.1. The minimum Gasteiger partial charge on any atom is -0.457 e. The standard InChI is InChI=1S/C42H82NO7P/c1-6-8-10-12-14-16-18-20-21-22-23-24-25-27-29-31-33-35-42(44)50-41(40-49-51(45,46)48-38-36-43(3,4)5)39-47-37-34-32-30-28-26-19-17-15-13-11-9-7-2/h13,15,20-21,41H,6-12,14,16-19,22-40H2,1-5H3/p+1/b15-13-,21-20-. The van der Waals surface area contributed by atoms with Crippen molar-refractivity contribution in [1.29, 1.82) is 0 Å². The van der Waals surface area contributed by atoms with Crippen molar-refractivity contribution in [2.24, 2.45) is 0 Å². The highest BCUT2D eigenvalue weighted by Crippen LogP contribution is 2.43. The van der Waals surface area contributed by atoms with Gasteiger partial charge in [0.25, 0.3) is 0 Å². The van der Waals surface area contributed by atoms with Crippen molar-refractivity contribution in [3.63, 3.8) is 0 Å². The number of unbranched alkanes of at least 4 members (excludes halogenated alkanes) is 21. The molecule has 0 fully saturated rings. The van der Waals surface area contributed by atoms with Crippen LogP contribution in [0.3, 0.4) is 0 Å². The van der Waals surface area contributed by atoms with Crippen molar-refractivity contribution in [2.45, 2.75) is 187 Å². The van der Waals surface area contributed by atoms with Crippen molar-refractivity contribution < 1.29 is 37.3 Å². The molecule has 0 radical (unpaired) electrons. The van der Waals surface area contributed by atoms with Crippen molar-refractivity contribution >= 4 is 13.8 Å². The van der Waals surface area contributed by atoms with Crippen molar-refractivity contribution in [3.8, 4) is 0 Å². The molecule has 0 aliphatic heterocycles. The van der Waals surface area contributed by atoms with Crippen LogP contribution in [0.1, 0.15) is 181 Å². The van der Waals surface area contributed by atoms with Crippen molar-refractivity contribution in [2.75, 3.05) is 54.1 Å². The van der Waals surface area contributed by atoms with Gasteiger partial charge in [-0.15, -0.1) is 0 Å². The predicted octanol–water partition coefficient (Wildman–Crippen LogP) is 12.0. The zero-order valence-electron chi connectivity index (χ0n) is 34.1. The molecule has 9 heteroatoms. The molecule has 51 heavy (non-hydrogen) atoms. The van der Waals surface area contributed by atoms with Gasteiger partial charge in [-0.2, -0.15) is 0 Å². The number of nitrogens with zero attached hydrogens (tertiary/aromatic N) is 1. The quantitative estimate of drug-likeness (QED) is 0.0220. The Balaban J connectivity index is 4.24. The molecular formula is C42H83NO7P+. The number of carbonyl (C=O) groups excluding carboxylic acids is 1. The number of quaternary nitrogens is 1. The fraction of sp³-hybridized carbons (Fsp3) is 0.881. The van der Waals surface area contributed by atoms with Gasteiger partial charge >= 0.3 is 13.8 Å². The van der Waals surface area contributed by atoms with Gasteiger partial charge in [0.2, 0.25) is 0 Å². The summed E-state index contributed by atoms with van der Waals surface area (Å²) in [5, 5.41) is 0. The fourth-order valence-corrected chi connectivity index (χ4v) is 6.39. The van der Waals surface area contributed by atoms with E-state index in [-0.39, 0.29) is 25.8 Å². The Morgan fingerprint density at radius 3 is 1.55 bits per heavy atom. The first-order valence-electron chi connectivity index (χ1n) is 21.1. The molecule has 0 aromatic rings. The highest BCUT2D eigenvalue weighted by molar-refractivity contribution is 7.47. The lowest BCUT2D eigenvalue weighted by molar-refractivity contribution is -0.870. The molecule has 0 bridgehead atoms. The maximum absolute atomic E-state index is 12.7. The summed E-state index contributed by atoms with van der Waals surface area (Å²) >= 11 is 0.